The molecule has 0 fully saturated rings. The second kappa shape index (κ2) is 8.50. The molecule has 0 saturated carbocycles. The van der Waals surface area contributed by atoms with Crippen molar-refractivity contribution >= 4 is 35.2 Å². The third-order valence-corrected chi connectivity index (χ3v) is 5.14. The van der Waals surface area contributed by atoms with Crippen molar-refractivity contribution in [1.29, 1.82) is 0 Å². The number of carbonyl (C=O) groups is 1. The number of rotatable bonds is 6. The number of nitrogens with zero attached hydrogens (tertiary/aromatic N) is 4. The first-order valence-electron chi connectivity index (χ1n) is 7.47. The average Bonchev–Trinajstić information content (AvgIpc) is 3.10. The molecule has 0 aliphatic heterocycles. The van der Waals surface area contributed by atoms with Crippen molar-refractivity contribution in [2.24, 2.45) is 5.10 Å². The van der Waals surface area contributed by atoms with E-state index in [1.165, 1.54) is 23.1 Å². The molecule has 1 N–H and O–H groups in total. The summed E-state index contributed by atoms with van der Waals surface area (Å²) in [6.07, 6.45) is 3.34. The SMILES string of the molecule is Cc1cccc(/C=N/NC(=O)CSc2nnc(-c3ccccn3)s2)c1. The monoisotopic (exact) mass is 369 g/mol. The highest BCUT2D eigenvalue weighted by molar-refractivity contribution is 8.01. The maximum atomic E-state index is 11.8. The molecular formula is C17H15N5OS2. The number of hydrogen-bond acceptors (Lipinski definition) is 7. The van der Waals surface area contributed by atoms with Crippen molar-refractivity contribution in [3.05, 3.63) is 59.8 Å². The Morgan fingerprint density at radius 1 is 1.28 bits per heavy atom. The Morgan fingerprint density at radius 2 is 2.20 bits per heavy atom. The van der Waals surface area contributed by atoms with Crippen LogP contribution < -0.4 is 5.43 Å². The minimum absolute atomic E-state index is 0.191. The maximum absolute atomic E-state index is 11.8. The quantitative estimate of drug-likeness (QED) is 0.410. The van der Waals surface area contributed by atoms with E-state index < -0.39 is 0 Å². The van der Waals surface area contributed by atoms with Crippen molar-refractivity contribution in [3.8, 4) is 10.7 Å². The number of benzene rings is 1. The molecule has 2 aromatic heterocycles. The van der Waals surface area contributed by atoms with Crippen LogP contribution >= 0.6 is 23.1 Å². The number of hydrazone groups is 1. The summed E-state index contributed by atoms with van der Waals surface area (Å²) in [5, 5.41) is 12.9. The molecule has 6 nitrogen and oxygen atoms in total. The Morgan fingerprint density at radius 3 is 3.00 bits per heavy atom. The molecule has 2 heterocycles. The Kier molecular flexibility index (Phi) is 5.86. The number of hydrogen-bond donors (Lipinski definition) is 1. The van der Waals surface area contributed by atoms with E-state index >= 15 is 0 Å². The van der Waals surface area contributed by atoms with Gasteiger partial charge in [-0.1, -0.05) is 59.0 Å². The molecule has 1 amide bonds. The van der Waals surface area contributed by atoms with Crippen LogP contribution in [0.4, 0.5) is 0 Å². The van der Waals surface area contributed by atoms with Crippen LogP contribution in [0.2, 0.25) is 0 Å². The van der Waals surface area contributed by atoms with E-state index in [9.17, 15) is 4.79 Å². The topological polar surface area (TPSA) is 80.1 Å². The number of aryl methyl sites for hydroxylation is 1. The highest BCUT2D eigenvalue weighted by Crippen LogP contribution is 2.27. The molecule has 0 bridgehead atoms. The lowest BCUT2D eigenvalue weighted by atomic mass is 10.2. The third-order valence-electron chi connectivity index (χ3n) is 3.06. The normalized spacial score (nSPS) is 10.9. The molecule has 0 radical (unpaired) electrons. The van der Waals surface area contributed by atoms with E-state index in [4.69, 9.17) is 0 Å². The largest absolute Gasteiger partial charge is 0.272 e. The first-order valence-corrected chi connectivity index (χ1v) is 9.27. The van der Waals surface area contributed by atoms with Gasteiger partial charge in [-0.3, -0.25) is 9.78 Å². The van der Waals surface area contributed by atoms with Crippen LogP contribution in [0.3, 0.4) is 0 Å². The van der Waals surface area contributed by atoms with E-state index in [1.54, 1.807) is 12.4 Å². The highest BCUT2D eigenvalue weighted by Gasteiger charge is 2.09. The second-order valence-corrected chi connectivity index (χ2v) is 7.28. The summed E-state index contributed by atoms with van der Waals surface area (Å²) in [5.41, 5.74) is 5.38. The van der Waals surface area contributed by atoms with Crippen LogP contribution in [0.15, 0.2) is 58.1 Å². The lowest BCUT2D eigenvalue weighted by Gasteiger charge is -1.98. The van der Waals surface area contributed by atoms with E-state index in [0.29, 0.717) is 0 Å². The molecule has 0 unspecified atom stereocenters. The summed E-state index contributed by atoms with van der Waals surface area (Å²) in [5.74, 6) is 0.0330. The molecule has 3 rings (SSSR count). The van der Waals surface area contributed by atoms with Crippen LogP contribution in [0, 0.1) is 6.92 Å². The number of aromatic nitrogens is 3. The molecule has 25 heavy (non-hydrogen) atoms. The second-order valence-electron chi connectivity index (χ2n) is 5.08. The maximum Gasteiger partial charge on any atom is 0.250 e. The fraction of sp³-hybridized carbons (Fsp3) is 0.118. The van der Waals surface area contributed by atoms with Crippen LogP contribution in [0.1, 0.15) is 11.1 Å². The van der Waals surface area contributed by atoms with Crippen molar-refractivity contribution in [2.45, 2.75) is 11.3 Å². The van der Waals surface area contributed by atoms with Gasteiger partial charge in [0.05, 0.1) is 12.0 Å². The van der Waals surface area contributed by atoms with Gasteiger partial charge in [0, 0.05) is 6.20 Å². The summed E-state index contributed by atoms with van der Waals surface area (Å²) in [7, 11) is 0. The van der Waals surface area contributed by atoms with Gasteiger partial charge < -0.3 is 0 Å². The Hall–Kier alpha value is -2.58. The lowest BCUT2D eigenvalue weighted by Crippen LogP contribution is -2.19. The van der Waals surface area contributed by atoms with Crippen LogP contribution in [-0.4, -0.2) is 33.1 Å². The molecule has 0 aliphatic carbocycles. The van der Waals surface area contributed by atoms with Crippen LogP contribution in [0.25, 0.3) is 10.7 Å². The van der Waals surface area contributed by atoms with Crippen molar-refractivity contribution in [3.63, 3.8) is 0 Å². The van der Waals surface area contributed by atoms with Gasteiger partial charge in [-0.25, -0.2) is 5.43 Å². The summed E-state index contributed by atoms with van der Waals surface area (Å²) < 4.78 is 0.721. The van der Waals surface area contributed by atoms with E-state index in [-0.39, 0.29) is 11.7 Å². The number of pyridine rings is 1. The molecule has 0 aliphatic rings. The minimum Gasteiger partial charge on any atom is -0.272 e. The molecular weight excluding hydrogens is 354 g/mol. The molecule has 0 saturated heterocycles. The molecule has 0 spiro atoms. The Labute approximate surface area is 153 Å². The minimum atomic E-state index is -0.191. The van der Waals surface area contributed by atoms with E-state index in [1.807, 2.05) is 49.4 Å². The summed E-state index contributed by atoms with van der Waals surface area (Å²) in [6, 6.07) is 13.5. The lowest BCUT2D eigenvalue weighted by molar-refractivity contribution is -0.118. The Balaban J connectivity index is 1.49. The standard InChI is InChI=1S/C17H15N5OS2/c1-12-5-4-6-13(9-12)10-19-20-15(23)11-24-17-22-21-16(25-17)14-7-2-3-8-18-14/h2-10H,11H2,1H3,(H,20,23)/b19-10+. The zero-order valence-electron chi connectivity index (χ0n) is 13.4. The summed E-state index contributed by atoms with van der Waals surface area (Å²) in [6.45, 7) is 2.01. The van der Waals surface area contributed by atoms with Crippen molar-refractivity contribution in [1.82, 2.24) is 20.6 Å². The van der Waals surface area contributed by atoms with E-state index in [0.717, 1.165) is 26.2 Å². The Bertz CT molecular complexity index is 880. The van der Waals surface area contributed by atoms with Gasteiger partial charge in [-0.05, 0) is 24.6 Å². The summed E-state index contributed by atoms with van der Waals surface area (Å²) >= 11 is 2.73. The van der Waals surface area contributed by atoms with Gasteiger partial charge in [0.1, 0.15) is 5.69 Å². The predicted molar refractivity (Wildman–Crippen MR) is 101 cm³/mol. The third kappa shape index (κ3) is 5.20. The van der Waals surface area contributed by atoms with E-state index in [2.05, 4.69) is 25.7 Å². The van der Waals surface area contributed by atoms with Crippen LogP contribution in [0.5, 0.6) is 0 Å². The highest BCUT2D eigenvalue weighted by atomic mass is 32.2. The molecule has 126 valence electrons. The number of nitrogens with one attached hydrogen (secondary N) is 1. The number of thioether (sulfide) groups is 1. The summed E-state index contributed by atoms with van der Waals surface area (Å²) in [4.78, 5) is 16.1. The predicted octanol–water partition coefficient (Wildman–Crippen LogP) is 3.15. The first-order chi connectivity index (χ1) is 12.2. The molecule has 8 heteroatoms. The fourth-order valence-electron chi connectivity index (χ4n) is 1.95. The van der Waals surface area contributed by atoms with Gasteiger partial charge in [0.25, 0.3) is 5.91 Å². The number of amides is 1. The molecule has 1 aromatic carbocycles. The zero-order chi connectivity index (χ0) is 17.5. The van der Waals surface area contributed by atoms with Crippen molar-refractivity contribution in [2.75, 3.05) is 5.75 Å². The van der Waals surface area contributed by atoms with Gasteiger partial charge in [-0.2, -0.15) is 5.10 Å². The molecule has 0 atom stereocenters. The fourth-order valence-corrected chi connectivity index (χ4v) is 3.57. The first kappa shape index (κ1) is 17.2. The molecule has 3 aromatic rings. The smallest absolute Gasteiger partial charge is 0.250 e. The van der Waals surface area contributed by atoms with Crippen LogP contribution in [-0.2, 0) is 4.79 Å². The van der Waals surface area contributed by atoms with Gasteiger partial charge in [0.15, 0.2) is 9.35 Å². The van der Waals surface area contributed by atoms with Gasteiger partial charge in [0.2, 0.25) is 0 Å². The van der Waals surface area contributed by atoms with Gasteiger partial charge >= 0.3 is 0 Å². The van der Waals surface area contributed by atoms with Crippen molar-refractivity contribution < 1.29 is 4.79 Å². The average molecular weight is 369 g/mol. The van der Waals surface area contributed by atoms with Gasteiger partial charge in [-0.15, -0.1) is 10.2 Å². The zero-order valence-corrected chi connectivity index (χ0v) is 15.0. The number of carbonyl (C=O) groups excluding carboxylic acids is 1.